The largest absolute Gasteiger partial charge is 0.326 e. The summed E-state index contributed by atoms with van der Waals surface area (Å²) in [5.74, 6) is 0.823. The second-order valence-electron chi connectivity index (χ2n) is 5.74. The van der Waals surface area contributed by atoms with Crippen LogP contribution in [0.15, 0.2) is 35.7 Å². The fourth-order valence-corrected chi connectivity index (χ4v) is 3.62. The van der Waals surface area contributed by atoms with Gasteiger partial charge in [0.15, 0.2) is 0 Å². The summed E-state index contributed by atoms with van der Waals surface area (Å²) in [6.45, 7) is 5.16. The fourth-order valence-electron chi connectivity index (χ4n) is 2.57. The van der Waals surface area contributed by atoms with E-state index in [1.54, 1.807) is 17.4 Å². The number of benzene rings is 1. The molecule has 0 saturated carbocycles. The van der Waals surface area contributed by atoms with Crippen LogP contribution in [0, 0.1) is 5.82 Å². The molecule has 0 atom stereocenters. The van der Waals surface area contributed by atoms with Crippen LogP contribution in [0.2, 0.25) is 0 Å². The maximum absolute atomic E-state index is 13.4. The van der Waals surface area contributed by atoms with Crippen LogP contribution in [0.4, 0.5) is 4.39 Å². The van der Waals surface area contributed by atoms with E-state index in [4.69, 9.17) is 11.6 Å². The highest BCUT2D eigenvalue weighted by Gasteiger charge is 2.25. The van der Waals surface area contributed by atoms with Crippen LogP contribution >= 0.6 is 22.9 Å². The van der Waals surface area contributed by atoms with Crippen LogP contribution in [0.5, 0.6) is 0 Å². The third kappa shape index (κ3) is 2.70. The number of hydrogen-bond donors (Lipinski definition) is 0. The third-order valence-electron chi connectivity index (χ3n) is 3.65. The van der Waals surface area contributed by atoms with Crippen molar-refractivity contribution in [2.45, 2.75) is 31.7 Å². The number of nitrogens with zero attached hydrogens (tertiary/aromatic N) is 2. The van der Waals surface area contributed by atoms with Crippen molar-refractivity contribution in [2.24, 2.45) is 0 Å². The van der Waals surface area contributed by atoms with Crippen LogP contribution in [0.3, 0.4) is 0 Å². The molecule has 0 amide bonds. The predicted molar refractivity (Wildman–Crippen MR) is 86.6 cm³/mol. The zero-order valence-electron chi connectivity index (χ0n) is 11.9. The molecular weight excluding hydrogens is 307 g/mol. The molecule has 0 aliphatic heterocycles. The first-order valence-electron chi connectivity index (χ1n) is 6.76. The molecule has 0 aliphatic carbocycles. The van der Waals surface area contributed by atoms with Gasteiger partial charge in [-0.05, 0) is 23.6 Å². The van der Waals surface area contributed by atoms with Gasteiger partial charge in [-0.1, -0.05) is 19.9 Å². The average molecular weight is 323 g/mol. The Labute approximate surface area is 132 Å². The summed E-state index contributed by atoms with van der Waals surface area (Å²) in [6.07, 6.45) is 0. The number of hydrogen-bond acceptors (Lipinski definition) is 2. The van der Waals surface area contributed by atoms with Crippen LogP contribution in [0.25, 0.3) is 11.0 Å². The minimum atomic E-state index is -0.272. The van der Waals surface area contributed by atoms with Gasteiger partial charge in [-0.2, -0.15) is 0 Å². The molecule has 0 unspecified atom stereocenters. The van der Waals surface area contributed by atoms with Crippen molar-refractivity contribution in [2.75, 3.05) is 0 Å². The summed E-state index contributed by atoms with van der Waals surface area (Å²) < 4.78 is 15.5. The molecule has 0 fully saturated rings. The summed E-state index contributed by atoms with van der Waals surface area (Å²) in [7, 11) is 0. The Morgan fingerprint density at radius 2 is 2.14 bits per heavy atom. The Balaban J connectivity index is 2.07. The molecule has 0 saturated heterocycles. The van der Waals surface area contributed by atoms with E-state index in [1.807, 2.05) is 0 Å². The van der Waals surface area contributed by atoms with Crippen LogP contribution in [0.1, 0.15) is 24.5 Å². The van der Waals surface area contributed by atoms with Gasteiger partial charge in [0.1, 0.15) is 11.6 Å². The topological polar surface area (TPSA) is 17.8 Å². The molecular formula is C16H16ClFN2S. The Hall–Kier alpha value is -1.39. The molecule has 5 heteroatoms. The van der Waals surface area contributed by atoms with Gasteiger partial charge >= 0.3 is 0 Å². The molecule has 1 aromatic carbocycles. The highest BCUT2D eigenvalue weighted by molar-refractivity contribution is 7.10. The van der Waals surface area contributed by atoms with E-state index in [-0.39, 0.29) is 11.2 Å². The van der Waals surface area contributed by atoms with Gasteiger partial charge in [0.2, 0.25) is 0 Å². The minimum absolute atomic E-state index is 0.0308. The van der Waals surface area contributed by atoms with E-state index < -0.39 is 0 Å². The van der Waals surface area contributed by atoms with Gasteiger partial charge in [0.05, 0.1) is 16.9 Å². The van der Waals surface area contributed by atoms with Gasteiger partial charge < -0.3 is 4.57 Å². The molecule has 0 spiro atoms. The zero-order valence-corrected chi connectivity index (χ0v) is 13.5. The second-order valence-corrected chi connectivity index (χ2v) is 6.96. The van der Waals surface area contributed by atoms with Gasteiger partial charge in [-0.25, -0.2) is 9.37 Å². The molecule has 0 aliphatic rings. The molecule has 2 nitrogen and oxygen atoms in total. The summed E-state index contributed by atoms with van der Waals surface area (Å²) in [6, 6.07) is 8.91. The predicted octanol–water partition coefficient (Wildman–Crippen LogP) is 4.95. The van der Waals surface area contributed by atoms with Crippen molar-refractivity contribution in [1.82, 2.24) is 9.55 Å². The zero-order chi connectivity index (χ0) is 15.0. The molecule has 0 radical (unpaired) electrons. The van der Waals surface area contributed by atoms with E-state index in [9.17, 15) is 4.39 Å². The molecule has 21 heavy (non-hydrogen) atoms. The number of imidazole rings is 1. The number of aromatic nitrogens is 2. The lowest BCUT2D eigenvalue weighted by Crippen LogP contribution is -2.24. The van der Waals surface area contributed by atoms with Gasteiger partial charge in [-0.3, -0.25) is 0 Å². The first-order valence-corrected chi connectivity index (χ1v) is 8.17. The lowest BCUT2D eigenvalue weighted by molar-refractivity contribution is 0.443. The number of thiophene rings is 1. The van der Waals surface area contributed by atoms with E-state index in [0.717, 1.165) is 17.9 Å². The standard InChI is InChI=1S/C16H16ClFN2S/c1-16(2,14-4-3-7-21-14)10-20-13-6-5-11(18)8-12(13)19-15(20)9-17/h3-8H,9-10H2,1-2H3. The summed E-state index contributed by atoms with van der Waals surface area (Å²) in [5, 5.41) is 2.08. The van der Waals surface area contributed by atoms with Crippen LogP contribution in [-0.4, -0.2) is 9.55 Å². The van der Waals surface area contributed by atoms with Crippen molar-refractivity contribution < 1.29 is 4.39 Å². The van der Waals surface area contributed by atoms with E-state index in [0.29, 0.717) is 11.4 Å². The highest BCUT2D eigenvalue weighted by atomic mass is 35.5. The second kappa shape index (κ2) is 5.43. The van der Waals surface area contributed by atoms with E-state index in [1.165, 1.54) is 17.0 Å². The summed E-state index contributed by atoms with van der Waals surface area (Å²) in [4.78, 5) is 5.76. The van der Waals surface area contributed by atoms with E-state index >= 15 is 0 Å². The maximum atomic E-state index is 13.4. The molecule has 2 aromatic heterocycles. The van der Waals surface area contributed by atoms with E-state index in [2.05, 4.69) is 40.9 Å². The van der Waals surface area contributed by atoms with Crippen molar-refractivity contribution in [1.29, 1.82) is 0 Å². The number of rotatable bonds is 4. The molecule has 2 heterocycles. The highest BCUT2D eigenvalue weighted by Crippen LogP contribution is 2.31. The Morgan fingerprint density at radius 3 is 2.81 bits per heavy atom. The third-order valence-corrected chi connectivity index (χ3v) is 5.13. The maximum Gasteiger partial charge on any atom is 0.125 e. The Morgan fingerprint density at radius 1 is 1.33 bits per heavy atom. The number of halogens is 2. The van der Waals surface area contributed by atoms with Crippen molar-refractivity contribution in [3.8, 4) is 0 Å². The van der Waals surface area contributed by atoms with Crippen LogP contribution in [-0.2, 0) is 17.8 Å². The van der Waals surface area contributed by atoms with Crippen molar-refractivity contribution >= 4 is 34.0 Å². The quantitative estimate of drug-likeness (QED) is 0.621. The fraction of sp³-hybridized carbons (Fsp3) is 0.312. The average Bonchev–Trinajstić information content (AvgIpc) is 3.06. The smallest absolute Gasteiger partial charge is 0.125 e. The summed E-state index contributed by atoms with van der Waals surface area (Å²) in [5.41, 5.74) is 1.56. The van der Waals surface area contributed by atoms with Gasteiger partial charge in [-0.15, -0.1) is 22.9 Å². The van der Waals surface area contributed by atoms with Gasteiger partial charge in [0, 0.05) is 22.9 Å². The van der Waals surface area contributed by atoms with Crippen molar-refractivity contribution in [3.05, 3.63) is 52.2 Å². The number of fused-ring (bicyclic) bond motifs is 1. The number of alkyl halides is 1. The lowest BCUT2D eigenvalue weighted by Gasteiger charge is -2.25. The molecule has 0 bridgehead atoms. The van der Waals surface area contributed by atoms with Gasteiger partial charge in [0.25, 0.3) is 0 Å². The molecule has 110 valence electrons. The lowest BCUT2D eigenvalue weighted by atomic mass is 9.91. The molecule has 3 rings (SSSR count). The minimum Gasteiger partial charge on any atom is -0.326 e. The Kier molecular flexibility index (Phi) is 3.76. The summed E-state index contributed by atoms with van der Waals surface area (Å²) >= 11 is 7.77. The first kappa shape index (κ1) is 14.5. The monoisotopic (exact) mass is 322 g/mol. The molecule has 0 N–H and O–H groups in total. The first-order chi connectivity index (χ1) is 10.0. The van der Waals surface area contributed by atoms with Crippen LogP contribution < -0.4 is 0 Å². The Bertz CT molecular complexity index is 762. The molecule has 3 aromatic rings. The normalized spacial score (nSPS) is 12.2. The SMILES string of the molecule is CC(C)(Cn1c(CCl)nc2cc(F)ccc21)c1cccs1. The van der Waals surface area contributed by atoms with Crippen molar-refractivity contribution in [3.63, 3.8) is 0 Å².